The van der Waals surface area contributed by atoms with Gasteiger partial charge in [0.1, 0.15) is 13.2 Å². The molecule has 0 bridgehead atoms. The number of ether oxygens (including phenoxy) is 2. The van der Waals surface area contributed by atoms with Crippen molar-refractivity contribution in [1.29, 1.82) is 0 Å². The Morgan fingerprint density at radius 1 is 1.15 bits per heavy atom. The second kappa shape index (κ2) is 6.92. The summed E-state index contributed by atoms with van der Waals surface area (Å²) in [6, 6.07) is 4.66. The van der Waals surface area contributed by atoms with Gasteiger partial charge in [0.25, 0.3) is 0 Å². The molecule has 0 saturated heterocycles. The third-order valence-corrected chi connectivity index (χ3v) is 4.36. The van der Waals surface area contributed by atoms with Gasteiger partial charge in [0.2, 0.25) is 10.0 Å². The van der Waals surface area contributed by atoms with Gasteiger partial charge in [-0.05, 0) is 31.6 Å². The van der Waals surface area contributed by atoms with Gasteiger partial charge in [0.15, 0.2) is 11.5 Å². The number of nitrogens with one attached hydrogen (secondary N) is 2. The van der Waals surface area contributed by atoms with E-state index >= 15 is 0 Å². The number of rotatable bonds is 7. The minimum absolute atomic E-state index is 0.199. The first-order valence-electron chi connectivity index (χ1n) is 6.73. The van der Waals surface area contributed by atoms with Gasteiger partial charge in [-0.15, -0.1) is 0 Å². The normalized spacial score (nSPS) is 14.2. The second-order valence-corrected chi connectivity index (χ2v) is 6.18. The lowest BCUT2D eigenvalue weighted by atomic mass is 10.3. The summed E-state index contributed by atoms with van der Waals surface area (Å²) in [5, 5.41) is 3.14. The van der Waals surface area contributed by atoms with E-state index in [9.17, 15) is 8.42 Å². The highest BCUT2D eigenvalue weighted by atomic mass is 32.2. The van der Waals surface area contributed by atoms with Crippen molar-refractivity contribution in [2.45, 2.75) is 18.2 Å². The van der Waals surface area contributed by atoms with Gasteiger partial charge < -0.3 is 14.8 Å². The van der Waals surface area contributed by atoms with Crippen LogP contribution < -0.4 is 19.5 Å². The van der Waals surface area contributed by atoms with Gasteiger partial charge in [-0.3, -0.25) is 0 Å². The van der Waals surface area contributed by atoms with Crippen molar-refractivity contribution < 1.29 is 17.9 Å². The lowest BCUT2D eigenvalue weighted by Crippen LogP contribution is -2.27. The maximum atomic E-state index is 12.1. The molecule has 1 heterocycles. The Morgan fingerprint density at radius 2 is 1.90 bits per heavy atom. The highest BCUT2D eigenvalue weighted by Crippen LogP contribution is 2.32. The molecular formula is C13H20N2O4S. The summed E-state index contributed by atoms with van der Waals surface area (Å²) in [6.45, 7) is 5.02. The van der Waals surface area contributed by atoms with Crippen molar-refractivity contribution in [3.05, 3.63) is 18.2 Å². The van der Waals surface area contributed by atoms with Crippen LogP contribution in [-0.4, -0.2) is 41.3 Å². The maximum absolute atomic E-state index is 12.1. The molecule has 7 heteroatoms. The molecule has 1 aliphatic heterocycles. The van der Waals surface area contributed by atoms with E-state index in [2.05, 4.69) is 10.0 Å². The Balaban J connectivity index is 1.98. The Kier molecular flexibility index (Phi) is 5.22. The number of benzene rings is 1. The van der Waals surface area contributed by atoms with E-state index in [-0.39, 0.29) is 4.90 Å². The quantitative estimate of drug-likeness (QED) is 0.726. The Labute approximate surface area is 119 Å². The molecule has 0 fully saturated rings. The molecule has 112 valence electrons. The number of sulfonamides is 1. The van der Waals surface area contributed by atoms with E-state index in [0.717, 1.165) is 19.5 Å². The minimum Gasteiger partial charge on any atom is -0.486 e. The maximum Gasteiger partial charge on any atom is 0.240 e. The van der Waals surface area contributed by atoms with Crippen LogP contribution in [0.25, 0.3) is 0 Å². The predicted molar refractivity (Wildman–Crippen MR) is 75.8 cm³/mol. The lowest BCUT2D eigenvalue weighted by molar-refractivity contribution is 0.171. The average Bonchev–Trinajstić information content (AvgIpc) is 2.46. The molecule has 6 nitrogen and oxygen atoms in total. The molecule has 2 rings (SSSR count). The average molecular weight is 300 g/mol. The van der Waals surface area contributed by atoms with Crippen molar-refractivity contribution in [1.82, 2.24) is 10.0 Å². The van der Waals surface area contributed by atoms with Gasteiger partial charge in [0, 0.05) is 12.6 Å². The van der Waals surface area contributed by atoms with E-state index in [1.54, 1.807) is 6.07 Å². The molecule has 0 unspecified atom stereocenters. The fourth-order valence-electron chi connectivity index (χ4n) is 1.87. The van der Waals surface area contributed by atoms with Gasteiger partial charge in [0.05, 0.1) is 4.90 Å². The lowest BCUT2D eigenvalue weighted by Gasteiger charge is -2.18. The van der Waals surface area contributed by atoms with Gasteiger partial charge in [-0.1, -0.05) is 6.92 Å². The highest BCUT2D eigenvalue weighted by Gasteiger charge is 2.18. The van der Waals surface area contributed by atoms with Gasteiger partial charge >= 0.3 is 0 Å². The fraction of sp³-hybridized carbons (Fsp3) is 0.538. The zero-order valence-electron chi connectivity index (χ0n) is 11.5. The van der Waals surface area contributed by atoms with Gasteiger partial charge in [-0.25, -0.2) is 13.1 Å². The van der Waals surface area contributed by atoms with E-state index in [1.807, 2.05) is 6.92 Å². The molecule has 0 atom stereocenters. The summed E-state index contributed by atoms with van der Waals surface area (Å²) in [7, 11) is -3.49. The van der Waals surface area contributed by atoms with E-state index in [0.29, 0.717) is 31.3 Å². The van der Waals surface area contributed by atoms with Crippen LogP contribution >= 0.6 is 0 Å². The van der Waals surface area contributed by atoms with Crippen LogP contribution in [0.3, 0.4) is 0 Å². The monoisotopic (exact) mass is 300 g/mol. The number of hydrogen-bond donors (Lipinski definition) is 2. The topological polar surface area (TPSA) is 76.7 Å². The molecule has 0 amide bonds. The number of hydrogen-bond acceptors (Lipinski definition) is 5. The molecule has 20 heavy (non-hydrogen) atoms. The summed E-state index contributed by atoms with van der Waals surface area (Å²) < 4.78 is 37.6. The molecule has 1 aliphatic rings. The molecule has 0 saturated carbocycles. The zero-order chi connectivity index (χ0) is 14.4. The largest absolute Gasteiger partial charge is 0.486 e. The standard InChI is InChI=1S/C13H20N2O4S/c1-2-14-6-3-7-15-20(16,17)11-4-5-12-13(10-11)19-9-8-18-12/h4-5,10,14-15H,2-3,6-9H2,1H3. The molecule has 0 aliphatic carbocycles. The summed E-state index contributed by atoms with van der Waals surface area (Å²) in [5.74, 6) is 1.06. The fourth-order valence-corrected chi connectivity index (χ4v) is 2.96. The van der Waals surface area contributed by atoms with E-state index in [1.165, 1.54) is 12.1 Å². The van der Waals surface area contributed by atoms with Crippen molar-refractivity contribution in [2.75, 3.05) is 32.8 Å². The Morgan fingerprint density at radius 3 is 2.65 bits per heavy atom. The summed E-state index contributed by atoms with van der Waals surface area (Å²) in [5.41, 5.74) is 0. The Bertz CT molecular complexity index is 545. The molecule has 0 radical (unpaired) electrons. The first-order chi connectivity index (χ1) is 9.63. The predicted octanol–water partition coefficient (Wildman–Crippen LogP) is 0.736. The van der Waals surface area contributed by atoms with Crippen molar-refractivity contribution >= 4 is 10.0 Å². The van der Waals surface area contributed by atoms with Crippen LogP contribution in [0.15, 0.2) is 23.1 Å². The first kappa shape index (κ1) is 15.1. The molecule has 1 aromatic rings. The number of fused-ring (bicyclic) bond motifs is 1. The first-order valence-corrected chi connectivity index (χ1v) is 8.22. The SMILES string of the molecule is CCNCCCNS(=O)(=O)c1ccc2c(c1)OCCO2. The summed E-state index contributed by atoms with van der Waals surface area (Å²) in [6.07, 6.45) is 0.748. The molecule has 0 spiro atoms. The van der Waals surface area contributed by atoms with Crippen LogP contribution in [-0.2, 0) is 10.0 Å². The molecule has 0 aromatic heterocycles. The van der Waals surface area contributed by atoms with E-state index in [4.69, 9.17) is 9.47 Å². The molecule has 2 N–H and O–H groups in total. The smallest absolute Gasteiger partial charge is 0.240 e. The molecule has 1 aromatic carbocycles. The van der Waals surface area contributed by atoms with Crippen LogP contribution in [0.5, 0.6) is 11.5 Å². The van der Waals surface area contributed by atoms with Crippen molar-refractivity contribution in [3.63, 3.8) is 0 Å². The van der Waals surface area contributed by atoms with E-state index < -0.39 is 10.0 Å². The van der Waals surface area contributed by atoms with Crippen molar-refractivity contribution in [3.8, 4) is 11.5 Å². The third kappa shape index (κ3) is 3.84. The van der Waals surface area contributed by atoms with Crippen LogP contribution in [0, 0.1) is 0 Å². The second-order valence-electron chi connectivity index (χ2n) is 4.41. The summed E-state index contributed by atoms with van der Waals surface area (Å²) >= 11 is 0. The summed E-state index contributed by atoms with van der Waals surface area (Å²) in [4.78, 5) is 0.199. The van der Waals surface area contributed by atoms with Gasteiger partial charge in [-0.2, -0.15) is 0 Å². The van der Waals surface area contributed by atoms with Crippen LogP contribution in [0.1, 0.15) is 13.3 Å². The van der Waals surface area contributed by atoms with Crippen LogP contribution in [0.4, 0.5) is 0 Å². The van der Waals surface area contributed by atoms with Crippen molar-refractivity contribution in [2.24, 2.45) is 0 Å². The highest BCUT2D eigenvalue weighted by molar-refractivity contribution is 7.89. The zero-order valence-corrected chi connectivity index (χ0v) is 12.3. The Hall–Kier alpha value is -1.31. The van der Waals surface area contributed by atoms with Crippen LogP contribution in [0.2, 0.25) is 0 Å². The minimum atomic E-state index is -3.49. The third-order valence-electron chi connectivity index (χ3n) is 2.90. The molecular weight excluding hydrogens is 280 g/mol.